The second-order valence-electron chi connectivity index (χ2n) is 6.92. The smallest absolute Gasteiger partial charge is 0.234 e. The molecule has 1 fully saturated rings. The topological polar surface area (TPSA) is 67.4 Å². The van der Waals surface area contributed by atoms with Crippen molar-refractivity contribution < 1.29 is 9.53 Å². The zero-order valence-corrected chi connectivity index (χ0v) is 16.4. The fraction of sp³-hybridized carbons (Fsp3) is 0.526. The molecule has 0 unspecified atom stereocenters. The Bertz CT molecular complexity index is 739. The van der Waals surface area contributed by atoms with Crippen molar-refractivity contribution >= 4 is 17.2 Å². The van der Waals surface area contributed by atoms with Crippen LogP contribution in [0.2, 0.25) is 0 Å². The van der Waals surface area contributed by atoms with Crippen molar-refractivity contribution in [3.8, 4) is 16.3 Å². The molecule has 2 aromatic rings. The van der Waals surface area contributed by atoms with Crippen molar-refractivity contribution in [3.05, 3.63) is 29.3 Å². The van der Waals surface area contributed by atoms with E-state index in [2.05, 4.69) is 20.4 Å². The maximum Gasteiger partial charge on any atom is 0.234 e. The number of ether oxygens (including phenoxy) is 1. The minimum absolute atomic E-state index is 0.104. The largest absolute Gasteiger partial charge is 0.496 e. The van der Waals surface area contributed by atoms with Gasteiger partial charge in [-0.15, -0.1) is 10.2 Å². The molecule has 7 heteroatoms. The quantitative estimate of drug-likeness (QED) is 0.842. The Morgan fingerprint density at radius 3 is 2.73 bits per heavy atom. The number of piperidine rings is 1. The lowest BCUT2D eigenvalue weighted by molar-refractivity contribution is -0.123. The minimum Gasteiger partial charge on any atom is -0.496 e. The maximum absolute atomic E-state index is 11.9. The van der Waals surface area contributed by atoms with Crippen LogP contribution in [0.5, 0.6) is 5.75 Å². The molecule has 0 spiro atoms. The van der Waals surface area contributed by atoms with Crippen LogP contribution in [0, 0.1) is 0 Å². The molecule has 6 nitrogen and oxygen atoms in total. The first-order valence-electron chi connectivity index (χ1n) is 9.05. The van der Waals surface area contributed by atoms with Crippen LogP contribution in [0.1, 0.15) is 37.6 Å². The number of rotatable bonds is 6. The summed E-state index contributed by atoms with van der Waals surface area (Å²) >= 11 is 1.65. The Morgan fingerprint density at radius 2 is 2.04 bits per heavy atom. The summed E-state index contributed by atoms with van der Waals surface area (Å²) in [6, 6.07) is 8.08. The van der Waals surface area contributed by atoms with Gasteiger partial charge in [0.15, 0.2) is 5.01 Å². The standard InChI is InChI=1S/C19H26N4O2S/c1-13(2)20-17(24)12-23-10-8-14(9-11-23)18-21-22-19(26-18)15-6-4-5-7-16(15)25-3/h4-7,13-14H,8-12H2,1-3H3,(H,20,24). The zero-order valence-electron chi connectivity index (χ0n) is 15.6. The van der Waals surface area contributed by atoms with Gasteiger partial charge in [-0.2, -0.15) is 0 Å². The van der Waals surface area contributed by atoms with Crippen LogP contribution in [0.4, 0.5) is 0 Å². The number of likely N-dealkylation sites (tertiary alicyclic amines) is 1. The first kappa shape index (κ1) is 18.8. The molecule has 0 aliphatic carbocycles. The van der Waals surface area contributed by atoms with E-state index in [9.17, 15) is 4.79 Å². The van der Waals surface area contributed by atoms with Crippen molar-refractivity contribution in [1.29, 1.82) is 0 Å². The lowest BCUT2D eigenvalue weighted by Gasteiger charge is -2.30. The van der Waals surface area contributed by atoms with E-state index in [0.717, 1.165) is 47.3 Å². The van der Waals surface area contributed by atoms with Crippen LogP contribution in [0.25, 0.3) is 10.6 Å². The molecule has 0 bridgehead atoms. The number of aromatic nitrogens is 2. The van der Waals surface area contributed by atoms with E-state index in [1.807, 2.05) is 38.1 Å². The second-order valence-corrected chi connectivity index (χ2v) is 7.93. The molecule has 140 valence electrons. The third kappa shape index (κ3) is 4.59. The van der Waals surface area contributed by atoms with E-state index in [1.54, 1.807) is 18.4 Å². The number of hydrogen-bond donors (Lipinski definition) is 1. The Morgan fingerprint density at radius 1 is 1.31 bits per heavy atom. The molecule has 2 heterocycles. The summed E-state index contributed by atoms with van der Waals surface area (Å²) in [5, 5.41) is 13.7. The summed E-state index contributed by atoms with van der Waals surface area (Å²) in [7, 11) is 1.67. The van der Waals surface area contributed by atoms with Gasteiger partial charge in [-0.05, 0) is 51.9 Å². The number of para-hydroxylation sites is 1. The van der Waals surface area contributed by atoms with Gasteiger partial charge in [0, 0.05) is 12.0 Å². The average molecular weight is 375 g/mol. The maximum atomic E-state index is 11.9. The highest BCUT2D eigenvalue weighted by atomic mass is 32.1. The molecule has 1 aliphatic rings. The first-order valence-corrected chi connectivity index (χ1v) is 9.87. The van der Waals surface area contributed by atoms with E-state index in [-0.39, 0.29) is 11.9 Å². The van der Waals surface area contributed by atoms with Crippen molar-refractivity contribution in [1.82, 2.24) is 20.4 Å². The van der Waals surface area contributed by atoms with E-state index < -0.39 is 0 Å². The fourth-order valence-electron chi connectivity index (χ4n) is 3.24. The van der Waals surface area contributed by atoms with E-state index in [4.69, 9.17) is 4.74 Å². The van der Waals surface area contributed by atoms with E-state index in [0.29, 0.717) is 12.5 Å². The molecular formula is C19H26N4O2S. The normalized spacial score (nSPS) is 16.0. The summed E-state index contributed by atoms with van der Waals surface area (Å²) < 4.78 is 5.43. The van der Waals surface area contributed by atoms with Gasteiger partial charge in [0.05, 0.1) is 19.2 Å². The van der Waals surface area contributed by atoms with Gasteiger partial charge in [0.25, 0.3) is 0 Å². The molecule has 1 saturated heterocycles. The highest BCUT2D eigenvalue weighted by Crippen LogP contribution is 2.36. The Kier molecular flexibility index (Phi) is 6.21. The zero-order chi connectivity index (χ0) is 18.5. The average Bonchev–Trinajstić information content (AvgIpc) is 3.11. The number of nitrogens with one attached hydrogen (secondary N) is 1. The Hall–Kier alpha value is -1.99. The number of methoxy groups -OCH3 is 1. The first-order chi connectivity index (χ1) is 12.6. The minimum atomic E-state index is 0.104. The lowest BCUT2D eigenvalue weighted by Crippen LogP contribution is -2.43. The molecular weight excluding hydrogens is 348 g/mol. The summed E-state index contributed by atoms with van der Waals surface area (Å²) in [5.74, 6) is 1.34. The van der Waals surface area contributed by atoms with Gasteiger partial charge < -0.3 is 10.1 Å². The molecule has 0 radical (unpaired) electrons. The van der Waals surface area contributed by atoms with Crippen molar-refractivity contribution in [2.75, 3.05) is 26.7 Å². The molecule has 1 N–H and O–H groups in total. The van der Waals surface area contributed by atoms with Crippen LogP contribution in [0.15, 0.2) is 24.3 Å². The van der Waals surface area contributed by atoms with Crippen molar-refractivity contribution in [2.45, 2.75) is 38.6 Å². The van der Waals surface area contributed by atoms with Crippen LogP contribution in [0.3, 0.4) is 0 Å². The molecule has 0 atom stereocenters. The lowest BCUT2D eigenvalue weighted by atomic mass is 9.98. The summed E-state index contributed by atoms with van der Waals surface area (Å²) in [6.45, 7) is 6.28. The van der Waals surface area contributed by atoms with Crippen LogP contribution in [-0.2, 0) is 4.79 Å². The summed E-state index contributed by atoms with van der Waals surface area (Å²) in [5.41, 5.74) is 0.988. The highest BCUT2D eigenvalue weighted by molar-refractivity contribution is 7.14. The van der Waals surface area contributed by atoms with Gasteiger partial charge in [0.1, 0.15) is 10.8 Å². The van der Waals surface area contributed by atoms with Crippen LogP contribution >= 0.6 is 11.3 Å². The third-order valence-electron chi connectivity index (χ3n) is 4.53. The molecule has 1 aliphatic heterocycles. The Labute approximate surface area is 158 Å². The van der Waals surface area contributed by atoms with Gasteiger partial charge in [-0.1, -0.05) is 23.5 Å². The van der Waals surface area contributed by atoms with Crippen molar-refractivity contribution in [2.24, 2.45) is 0 Å². The van der Waals surface area contributed by atoms with Gasteiger partial charge in [-0.25, -0.2) is 0 Å². The summed E-state index contributed by atoms with van der Waals surface area (Å²) in [4.78, 5) is 14.1. The monoisotopic (exact) mass is 374 g/mol. The van der Waals surface area contributed by atoms with Crippen molar-refractivity contribution in [3.63, 3.8) is 0 Å². The van der Waals surface area contributed by atoms with Crippen LogP contribution in [-0.4, -0.2) is 53.8 Å². The molecule has 26 heavy (non-hydrogen) atoms. The SMILES string of the molecule is COc1ccccc1-c1nnc(C2CCN(CC(=O)NC(C)C)CC2)s1. The molecule has 1 aromatic heterocycles. The number of benzene rings is 1. The van der Waals surface area contributed by atoms with Crippen LogP contribution < -0.4 is 10.1 Å². The number of amides is 1. The number of carbonyl (C=O) groups is 1. The van der Waals surface area contributed by atoms with Gasteiger partial charge >= 0.3 is 0 Å². The predicted octanol–water partition coefficient (Wildman–Crippen LogP) is 2.92. The fourth-order valence-corrected chi connectivity index (χ4v) is 4.28. The van der Waals surface area contributed by atoms with Gasteiger partial charge in [-0.3, -0.25) is 9.69 Å². The molecule has 0 saturated carbocycles. The predicted molar refractivity (Wildman–Crippen MR) is 104 cm³/mol. The van der Waals surface area contributed by atoms with Gasteiger partial charge in [0.2, 0.25) is 5.91 Å². The highest BCUT2D eigenvalue weighted by Gasteiger charge is 2.25. The number of hydrogen-bond acceptors (Lipinski definition) is 6. The van der Waals surface area contributed by atoms with E-state index in [1.165, 1.54) is 0 Å². The number of nitrogens with zero attached hydrogens (tertiary/aromatic N) is 3. The molecule has 1 amide bonds. The second kappa shape index (κ2) is 8.60. The van der Waals surface area contributed by atoms with E-state index >= 15 is 0 Å². The molecule has 1 aromatic carbocycles. The summed E-state index contributed by atoms with van der Waals surface area (Å²) in [6.07, 6.45) is 2.02. The third-order valence-corrected chi connectivity index (χ3v) is 5.65. The molecule has 3 rings (SSSR count). The number of carbonyl (C=O) groups excluding carboxylic acids is 1. The Balaban J connectivity index is 1.59.